The third-order valence-electron chi connectivity index (χ3n) is 3.03. The van der Waals surface area contributed by atoms with Crippen molar-refractivity contribution in [2.45, 2.75) is 25.1 Å². The van der Waals surface area contributed by atoms with E-state index in [0.717, 1.165) is 18.3 Å². The first-order chi connectivity index (χ1) is 7.66. The maximum Gasteiger partial charge on any atom is 0.0367 e. The van der Waals surface area contributed by atoms with Crippen LogP contribution in [0.3, 0.4) is 0 Å². The van der Waals surface area contributed by atoms with Crippen LogP contribution in [0.15, 0.2) is 24.3 Å². The van der Waals surface area contributed by atoms with Gasteiger partial charge in [0.05, 0.1) is 0 Å². The molecule has 1 saturated heterocycles. The molecule has 1 aliphatic heterocycles. The van der Waals surface area contributed by atoms with Gasteiger partial charge in [-0.1, -0.05) is 19.1 Å². The van der Waals surface area contributed by atoms with E-state index in [-0.39, 0.29) is 6.04 Å². The maximum absolute atomic E-state index is 5.85. The molecule has 1 aliphatic rings. The Bertz CT molecular complexity index is 334. The van der Waals surface area contributed by atoms with Crippen LogP contribution in [-0.4, -0.2) is 24.1 Å². The number of nitrogens with zero attached hydrogens (tertiary/aromatic N) is 1. The van der Waals surface area contributed by atoms with Crippen LogP contribution in [0.4, 0.5) is 5.69 Å². The lowest BCUT2D eigenvalue weighted by atomic mass is 10.1. The number of thioether (sulfide) groups is 1. The van der Waals surface area contributed by atoms with Crippen LogP contribution >= 0.6 is 11.8 Å². The summed E-state index contributed by atoms with van der Waals surface area (Å²) in [6, 6.07) is 8.81. The zero-order valence-electron chi connectivity index (χ0n) is 10.0. The molecular weight excluding hydrogens is 216 g/mol. The number of rotatable bonds is 2. The lowest BCUT2D eigenvalue weighted by molar-refractivity contribution is 0.780. The van der Waals surface area contributed by atoms with E-state index in [1.165, 1.54) is 17.0 Å². The molecule has 0 radical (unpaired) electrons. The van der Waals surface area contributed by atoms with Crippen LogP contribution < -0.4 is 10.6 Å². The minimum Gasteiger partial charge on any atom is -0.370 e. The van der Waals surface area contributed by atoms with Crippen molar-refractivity contribution >= 4 is 17.4 Å². The van der Waals surface area contributed by atoms with Gasteiger partial charge in [-0.05, 0) is 24.6 Å². The van der Waals surface area contributed by atoms with Gasteiger partial charge in [0.2, 0.25) is 0 Å². The lowest BCUT2D eigenvalue weighted by Crippen LogP contribution is -2.36. The molecule has 2 nitrogen and oxygen atoms in total. The lowest BCUT2D eigenvalue weighted by Gasteiger charge is -2.32. The molecule has 0 aliphatic carbocycles. The van der Waals surface area contributed by atoms with Crippen LogP contribution in [0, 0.1) is 0 Å². The summed E-state index contributed by atoms with van der Waals surface area (Å²) in [6.07, 6.45) is 0. The Morgan fingerprint density at radius 1 is 1.38 bits per heavy atom. The van der Waals surface area contributed by atoms with Gasteiger partial charge in [0.1, 0.15) is 0 Å². The van der Waals surface area contributed by atoms with Crippen LogP contribution in [0.25, 0.3) is 0 Å². The molecular formula is C13H20N2S. The van der Waals surface area contributed by atoms with E-state index in [9.17, 15) is 0 Å². The van der Waals surface area contributed by atoms with Crippen molar-refractivity contribution in [2.75, 3.05) is 23.7 Å². The van der Waals surface area contributed by atoms with Gasteiger partial charge < -0.3 is 10.6 Å². The summed E-state index contributed by atoms with van der Waals surface area (Å²) in [5.41, 5.74) is 8.39. The molecule has 1 unspecified atom stereocenters. The first-order valence-corrected chi connectivity index (χ1v) is 6.94. The SMILES string of the molecule is CC1CN(c2ccc([C@@H](C)N)cc2)CCS1. The first-order valence-electron chi connectivity index (χ1n) is 5.89. The fourth-order valence-corrected chi connectivity index (χ4v) is 3.06. The average Bonchev–Trinajstić information content (AvgIpc) is 2.29. The van der Waals surface area contributed by atoms with Crippen molar-refractivity contribution in [3.8, 4) is 0 Å². The van der Waals surface area contributed by atoms with Crippen LogP contribution in [0.1, 0.15) is 25.5 Å². The topological polar surface area (TPSA) is 29.3 Å². The first kappa shape index (κ1) is 11.8. The van der Waals surface area contributed by atoms with Gasteiger partial charge in [-0.3, -0.25) is 0 Å². The molecule has 0 aromatic heterocycles. The van der Waals surface area contributed by atoms with E-state index in [2.05, 4.69) is 47.9 Å². The van der Waals surface area contributed by atoms with Gasteiger partial charge in [-0.15, -0.1) is 0 Å². The highest BCUT2D eigenvalue weighted by atomic mass is 32.2. The van der Waals surface area contributed by atoms with Crippen LogP contribution in [0.5, 0.6) is 0 Å². The Morgan fingerprint density at radius 3 is 2.62 bits per heavy atom. The Hall–Kier alpha value is -0.670. The molecule has 1 fully saturated rings. The molecule has 2 atom stereocenters. The highest BCUT2D eigenvalue weighted by Gasteiger charge is 2.16. The molecule has 16 heavy (non-hydrogen) atoms. The highest BCUT2D eigenvalue weighted by Crippen LogP contribution is 2.24. The third kappa shape index (κ3) is 2.71. The van der Waals surface area contributed by atoms with E-state index in [1.54, 1.807) is 0 Å². The largest absolute Gasteiger partial charge is 0.370 e. The van der Waals surface area contributed by atoms with Gasteiger partial charge in [0, 0.05) is 35.8 Å². The molecule has 1 aromatic carbocycles. The number of hydrogen-bond donors (Lipinski definition) is 1. The van der Waals surface area contributed by atoms with Crippen LogP contribution in [-0.2, 0) is 0 Å². The normalized spacial score (nSPS) is 23.2. The molecule has 0 spiro atoms. The smallest absolute Gasteiger partial charge is 0.0367 e. The molecule has 88 valence electrons. The van der Waals surface area contributed by atoms with Gasteiger partial charge in [0.15, 0.2) is 0 Å². The van der Waals surface area contributed by atoms with Crippen molar-refractivity contribution in [1.29, 1.82) is 0 Å². The van der Waals surface area contributed by atoms with E-state index < -0.39 is 0 Å². The Morgan fingerprint density at radius 2 is 2.06 bits per heavy atom. The summed E-state index contributed by atoms with van der Waals surface area (Å²) in [4.78, 5) is 2.46. The van der Waals surface area contributed by atoms with Crippen molar-refractivity contribution in [1.82, 2.24) is 0 Å². The summed E-state index contributed by atoms with van der Waals surface area (Å²) in [5.74, 6) is 1.23. The molecule has 0 bridgehead atoms. The van der Waals surface area contributed by atoms with Crippen molar-refractivity contribution in [3.05, 3.63) is 29.8 Å². The second-order valence-electron chi connectivity index (χ2n) is 4.51. The number of anilines is 1. The zero-order valence-corrected chi connectivity index (χ0v) is 10.8. The molecule has 2 rings (SSSR count). The van der Waals surface area contributed by atoms with E-state index >= 15 is 0 Å². The van der Waals surface area contributed by atoms with Crippen molar-refractivity contribution < 1.29 is 0 Å². The molecule has 1 heterocycles. The van der Waals surface area contributed by atoms with Gasteiger partial charge in [-0.25, -0.2) is 0 Å². The van der Waals surface area contributed by atoms with E-state index in [1.807, 2.05) is 6.92 Å². The maximum atomic E-state index is 5.85. The molecule has 0 saturated carbocycles. The fraction of sp³-hybridized carbons (Fsp3) is 0.538. The number of nitrogens with two attached hydrogens (primary N) is 1. The standard InChI is InChI=1S/C13H20N2S/c1-10-9-15(7-8-16-10)13-5-3-12(4-6-13)11(2)14/h3-6,10-11H,7-9,14H2,1-2H3/t10?,11-/m1/s1. The van der Waals surface area contributed by atoms with Crippen LogP contribution in [0.2, 0.25) is 0 Å². The Kier molecular flexibility index (Phi) is 3.77. The Balaban J connectivity index is 2.09. The van der Waals surface area contributed by atoms with Gasteiger partial charge in [0.25, 0.3) is 0 Å². The van der Waals surface area contributed by atoms with E-state index in [4.69, 9.17) is 5.73 Å². The third-order valence-corrected chi connectivity index (χ3v) is 4.16. The summed E-state index contributed by atoms with van der Waals surface area (Å²) in [5, 5.41) is 0.738. The number of hydrogen-bond acceptors (Lipinski definition) is 3. The molecule has 2 N–H and O–H groups in total. The predicted molar refractivity (Wildman–Crippen MR) is 73.2 cm³/mol. The second kappa shape index (κ2) is 5.11. The zero-order chi connectivity index (χ0) is 11.5. The summed E-state index contributed by atoms with van der Waals surface area (Å²) >= 11 is 2.06. The van der Waals surface area contributed by atoms with Gasteiger partial charge in [-0.2, -0.15) is 11.8 Å². The van der Waals surface area contributed by atoms with E-state index in [0.29, 0.717) is 0 Å². The van der Waals surface area contributed by atoms with Gasteiger partial charge >= 0.3 is 0 Å². The highest BCUT2D eigenvalue weighted by molar-refractivity contribution is 8.00. The Labute approximate surface area is 102 Å². The quantitative estimate of drug-likeness (QED) is 0.856. The van der Waals surface area contributed by atoms with Crippen molar-refractivity contribution in [2.24, 2.45) is 5.73 Å². The minimum absolute atomic E-state index is 0.130. The summed E-state index contributed by atoms with van der Waals surface area (Å²) in [6.45, 7) is 6.64. The van der Waals surface area contributed by atoms with Crippen molar-refractivity contribution in [3.63, 3.8) is 0 Å². The predicted octanol–water partition coefficient (Wildman–Crippen LogP) is 2.65. The summed E-state index contributed by atoms with van der Waals surface area (Å²) in [7, 11) is 0. The summed E-state index contributed by atoms with van der Waals surface area (Å²) < 4.78 is 0. The molecule has 0 amide bonds. The fourth-order valence-electron chi connectivity index (χ4n) is 2.04. The molecule has 3 heteroatoms. The second-order valence-corrected chi connectivity index (χ2v) is 6.05. The molecule has 1 aromatic rings. The minimum atomic E-state index is 0.130. The average molecular weight is 236 g/mol. The number of benzene rings is 1. The monoisotopic (exact) mass is 236 g/mol.